The summed E-state index contributed by atoms with van der Waals surface area (Å²) in [6.45, 7) is 7.70. The lowest BCUT2D eigenvalue weighted by Crippen LogP contribution is -2.06. The molecule has 3 rings (SSSR count). The minimum Gasteiger partial charge on any atom is -0.281 e. The van der Waals surface area contributed by atoms with Crippen LogP contribution in [0.15, 0.2) is 50.0 Å². The minimum absolute atomic E-state index is 0.518. The summed E-state index contributed by atoms with van der Waals surface area (Å²) in [6, 6.07) is 1.94. The zero-order valence-corrected chi connectivity index (χ0v) is 13.3. The molecule has 0 saturated heterocycles. The molecular formula is C19H22N4. The number of H-pyrrole nitrogens is 1. The average Bonchev–Trinajstić information content (AvgIpc) is 3.06. The average molecular weight is 306 g/mol. The molecule has 0 aromatic carbocycles. The number of hydrogen-bond donors (Lipinski definition) is 1. The van der Waals surface area contributed by atoms with Gasteiger partial charge in [-0.15, -0.1) is 0 Å². The summed E-state index contributed by atoms with van der Waals surface area (Å²) >= 11 is 0. The van der Waals surface area contributed by atoms with E-state index in [1.54, 1.807) is 18.6 Å². The Hall–Kier alpha value is -2.49. The van der Waals surface area contributed by atoms with Crippen LogP contribution in [0.5, 0.6) is 0 Å². The van der Waals surface area contributed by atoms with Gasteiger partial charge in [0.25, 0.3) is 0 Å². The summed E-state index contributed by atoms with van der Waals surface area (Å²) in [5.74, 6) is 0.518. The van der Waals surface area contributed by atoms with Gasteiger partial charge < -0.3 is 0 Å². The molecule has 118 valence electrons. The lowest BCUT2D eigenvalue weighted by Gasteiger charge is -2.21. The second-order valence-corrected chi connectivity index (χ2v) is 5.85. The van der Waals surface area contributed by atoms with Crippen molar-refractivity contribution in [2.45, 2.75) is 38.0 Å². The third-order valence-electron chi connectivity index (χ3n) is 4.44. The van der Waals surface area contributed by atoms with E-state index in [4.69, 9.17) is 0 Å². The molecule has 0 bridgehead atoms. The van der Waals surface area contributed by atoms with Crippen molar-refractivity contribution in [2.75, 3.05) is 0 Å². The lowest BCUT2D eigenvalue weighted by molar-refractivity contribution is 0.437. The van der Waals surface area contributed by atoms with Gasteiger partial charge in [0, 0.05) is 28.9 Å². The monoisotopic (exact) mass is 306 g/mol. The summed E-state index contributed by atoms with van der Waals surface area (Å²) in [4.78, 5) is 8.49. The summed E-state index contributed by atoms with van der Waals surface area (Å²) < 4.78 is 0. The number of nitrogens with one attached hydrogen (secondary N) is 1. The Kier molecular flexibility index (Phi) is 4.81. The summed E-state index contributed by atoms with van der Waals surface area (Å²) in [6.07, 6.45) is 15.1. The molecule has 1 aliphatic rings. The van der Waals surface area contributed by atoms with E-state index in [9.17, 15) is 0 Å². The van der Waals surface area contributed by atoms with E-state index < -0.39 is 0 Å². The normalized spacial score (nSPS) is 16.3. The van der Waals surface area contributed by atoms with Gasteiger partial charge >= 0.3 is 0 Å². The smallest absolute Gasteiger partial charge is 0.116 e. The first-order valence-electron chi connectivity index (χ1n) is 8.15. The zero-order valence-electron chi connectivity index (χ0n) is 13.3. The molecule has 0 spiro atoms. The molecule has 1 fully saturated rings. The third kappa shape index (κ3) is 3.16. The maximum atomic E-state index is 4.58. The van der Waals surface area contributed by atoms with Crippen LogP contribution in [-0.4, -0.2) is 20.2 Å². The topological polar surface area (TPSA) is 54.5 Å². The van der Waals surface area contributed by atoms with Crippen molar-refractivity contribution in [3.63, 3.8) is 0 Å². The molecule has 0 aliphatic heterocycles. The molecule has 2 aromatic rings. The number of hydrogen-bond acceptors (Lipinski definition) is 3. The first kappa shape index (κ1) is 15.4. The van der Waals surface area contributed by atoms with Crippen molar-refractivity contribution in [1.82, 2.24) is 20.2 Å². The first-order chi connectivity index (χ1) is 11.3. The fourth-order valence-corrected chi connectivity index (χ4v) is 3.32. The van der Waals surface area contributed by atoms with Crippen LogP contribution < -0.4 is 0 Å². The van der Waals surface area contributed by atoms with Gasteiger partial charge in [0.1, 0.15) is 12.0 Å². The molecule has 0 radical (unpaired) electrons. The van der Waals surface area contributed by atoms with E-state index in [-0.39, 0.29) is 0 Å². The molecule has 23 heavy (non-hydrogen) atoms. The van der Waals surface area contributed by atoms with Crippen LogP contribution >= 0.6 is 0 Å². The first-order valence-corrected chi connectivity index (χ1v) is 8.15. The van der Waals surface area contributed by atoms with Crippen LogP contribution in [-0.2, 0) is 0 Å². The van der Waals surface area contributed by atoms with Crippen molar-refractivity contribution in [3.8, 4) is 11.3 Å². The predicted octanol–water partition coefficient (Wildman–Crippen LogP) is 4.67. The van der Waals surface area contributed by atoms with E-state index in [0.29, 0.717) is 5.92 Å². The Morgan fingerprint density at radius 2 is 2.04 bits per heavy atom. The maximum Gasteiger partial charge on any atom is 0.116 e. The highest BCUT2D eigenvalue weighted by Crippen LogP contribution is 2.39. The molecule has 0 atom stereocenters. The highest BCUT2D eigenvalue weighted by Gasteiger charge is 2.25. The lowest BCUT2D eigenvalue weighted by atomic mass is 9.84. The predicted molar refractivity (Wildman–Crippen MR) is 93.8 cm³/mol. The van der Waals surface area contributed by atoms with Crippen LogP contribution in [0.3, 0.4) is 0 Å². The number of allylic oxidation sites excluding steroid dienone is 4. The summed E-state index contributed by atoms with van der Waals surface area (Å²) in [5, 5.41) is 7.87. The molecule has 1 aliphatic carbocycles. The van der Waals surface area contributed by atoms with Gasteiger partial charge in [-0.05, 0) is 18.9 Å². The summed E-state index contributed by atoms with van der Waals surface area (Å²) in [7, 11) is 0. The summed E-state index contributed by atoms with van der Waals surface area (Å²) in [5.41, 5.74) is 5.01. The van der Waals surface area contributed by atoms with E-state index in [1.807, 2.05) is 18.2 Å². The quantitative estimate of drug-likeness (QED) is 0.817. The van der Waals surface area contributed by atoms with Crippen molar-refractivity contribution in [1.29, 1.82) is 0 Å². The van der Waals surface area contributed by atoms with Crippen LogP contribution in [0.2, 0.25) is 0 Å². The van der Waals surface area contributed by atoms with Crippen LogP contribution in [0.4, 0.5) is 0 Å². The second kappa shape index (κ2) is 7.18. The number of rotatable bonds is 5. The van der Waals surface area contributed by atoms with Gasteiger partial charge in [-0.1, -0.05) is 50.6 Å². The fraction of sp³-hybridized carbons (Fsp3) is 0.316. The van der Waals surface area contributed by atoms with E-state index in [0.717, 1.165) is 22.5 Å². The van der Waals surface area contributed by atoms with Crippen LogP contribution in [0.25, 0.3) is 16.8 Å². The number of aromatic nitrogens is 4. The van der Waals surface area contributed by atoms with Crippen molar-refractivity contribution in [2.24, 2.45) is 0 Å². The maximum absolute atomic E-state index is 4.58. The standard InChI is InChI=1S/C19H22N4/c1-3-8-14(4-2)18-17(16-11-12-20-13-21-16)19(23-22-18)15-9-6-5-7-10-15/h3-4,8,11-13,15H,1-2,5-7,9-10H2,(H,22,23)/b14-8+. The highest BCUT2D eigenvalue weighted by atomic mass is 15.1. The van der Waals surface area contributed by atoms with Gasteiger partial charge in [-0.25, -0.2) is 9.97 Å². The Morgan fingerprint density at radius 1 is 1.22 bits per heavy atom. The molecule has 2 heterocycles. The molecule has 0 amide bonds. The highest BCUT2D eigenvalue weighted by molar-refractivity contribution is 5.84. The number of aromatic amines is 1. The molecule has 1 N–H and O–H groups in total. The molecule has 4 heteroatoms. The van der Waals surface area contributed by atoms with Gasteiger partial charge in [-0.2, -0.15) is 5.10 Å². The van der Waals surface area contributed by atoms with Crippen molar-refractivity contribution >= 4 is 5.57 Å². The Balaban J connectivity index is 2.14. The Labute approximate surface area is 137 Å². The van der Waals surface area contributed by atoms with Gasteiger partial charge in [0.05, 0.1) is 5.69 Å². The van der Waals surface area contributed by atoms with Crippen molar-refractivity contribution in [3.05, 3.63) is 61.4 Å². The fourth-order valence-electron chi connectivity index (χ4n) is 3.32. The SMILES string of the molecule is C=C/C=C(\C=C)c1n[nH]c(C2CCCCC2)c1-c1ccncn1. The van der Waals surface area contributed by atoms with Gasteiger partial charge in [0.15, 0.2) is 0 Å². The number of nitrogens with zero attached hydrogens (tertiary/aromatic N) is 3. The van der Waals surface area contributed by atoms with Crippen LogP contribution in [0.1, 0.15) is 49.4 Å². The molecule has 4 nitrogen and oxygen atoms in total. The van der Waals surface area contributed by atoms with E-state index >= 15 is 0 Å². The second-order valence-electron chi connectivity index (χ2n) is 5.85. The molecule has 1 saturated carbocycles. The molecule has 0 unspecified atom stereocenters. The van der Waals surface area contributed by atoms with Crippen molar-refractivity contribution < 1.29 is 0 Å². The minimum atomic E-state index is 0.518. The van der Waals surface area contributed by atoms with Gasteiger partial charge in [-0.3, -0.25) is 5.10 Å². The van der Waals surface area contributed by atoms with Gasteiger partial charge in [0.2, 0.25) is 0 Å². The molecular weight excluding hydrogens is 284 g/mol. The van der Waals surface area contributed by atoms with E-state index in [2.05, 4.69) is 33.3 Å². The Bertz CT molecular complexity index is 706. The van der Waals surface area contributed by atoms with E-state index in [1.165, 1.54) is 37.8 Å². The molecule has 2 aromatic heterocycles. The van der Waals surface area contributed by atoms with Crippen LogP contribution in [0, 0.1) is 0 Å². The largest absolute Gasteiger partial charge is 0.281 e. The third-order valence-corrected chi connectivity index (χ3v) is 4.44. The zero-order chi connectivity index (χ0) is 16.1. The Morgan fingerprint density at radius 3 is 2.70 bits per heavy atom.